The fraction of sp³-hybridized carbons (Fsp3) is 0.500. The minimum atomic E-state index is -0.514. The fourth-order valence-electron chi connectivity index (χ4n) is 2.77. The summed E-state index contributed by atoms with van der Waals surface area (Å²) in [6.07, 6.45) is 1.44. The summed E-state index contributed by atoms with van der Waals surface area (Å²) in [5, 5.41) is 0. The Balaban J connectivity index is 2.20. The molecule has 102 valence electrons. The van der Waals surface area contributed by atoms with Gasteiger partial charge in [0.1, 0.15) is 11.3 Å². The summed E-state index contributed by atoms with van der Waals surface area (Å²) in [5.41, 5.74) is 7.20. The third kappa shape index (κ3) is 1.93. The zero-order chi connectivity index (χ0) is 13.5. The highest BCUT2D eigenvalue weighted by Crippen LogP contribution is 2.31. The zero-order valence-corrected chi connectivity index (χ0v) is 11.0. The van der Waals surface area contributed by atoms with Crippen molar-refractivity contribution in [1.82, 2.24) is 9.55 Å². The SMILES string of the molecule is CCn1c(C2(N)CCOCC2)nc2c(F)cccc21. The average Bonchev–Trinajstić information content (AvgIpc) is 2.80. The number of aromatic nitrogens is 2. The number of hydrogen-bond donors (Lipinski definition) is 1. The van der Waals surface area contributed by atoms with E-state index in [9.17, 15) is 4.39 Å². The molecule has 0 unspecified atom stereocenters. The van der Waals surface area contributed by atoms with Gasteiger partial charge >= 0.3 is 0 Å². The molecule has 1 aliphatic rings. The molecule has 1 aliphatic heterocycles. The van der Waals surface area contributed by atoms with Gasteiger partial charge in [-0.3, -0.25) is 0 Å². The lowest BCUT2D eigenvalue weighted by atomic mass is 9.90. The van der Waals surface area contributed by atoms with Crippen LogP contribution in [-0.2, 0) is 16.8 Å². The molecule has 2 aromatic rings. The number of halogens is 1. The van der Waals surface area contributed by atoms with Crippen LogP contribution in [0.2, 0.25) is 0 Å². The zero-order valence-electron chi connectivity index (χ0n) is 11.0. The van der Waals surface area contributed by atoms with E-state index >= 15 is 0 Å². The molecule has 1 aromatic heterocycles. The van der Waals surface area contributed by atoms with Gasteiger partial charge in [-0.25, -0.2) is 9.37 Å². The van der Waals surface area contributed by atoms with Crippen LogP contribution in [-0.4, -0.2) is 22.8 Å². The van der Waals surface area contributed by atoms with E-state index in [-0.39, 0.29) is 5.82 Å². The van der Waals surface area contributed by atoms with Crippen LogP contribution in [0.5, 0.6) is 0 Å². The number of aryl methyl sites for hydroxylation is 1. The molecule has 2 N–H and O–H groups in total. The lowest BCUT2D eigenvalue weighted by Crippen LogP contribution is -2.44. The summed E-state index contributed by atoms with van der Waals surface area (Å²) in [5.74, 6) is 0.486. The normalized spacial score (nSPS) is 18.9. The van der Waals surface area contributed by atoms with E-state index in [1.165, 1.54) is 6.07 Å². The molecule has 2 heterocycles. The van der Waals surface area contributed by atoms with Gasteiger partial charge in [0.15, 0.2) is 5.82 Å². The standard InChI is InChI=1S/C14H18FN3O/c1-2-18-11-5-3-4-10(15)12(11)17-13(18)14(16)6-8-19-9-7-14/h3-5H,2,6-9,16H2,1H3. The first-order chi connectivity index (χ1) is 9.15. The second-order valence-corrected chi connectivity index (χ2v) is 5.06. The van der Waals surface area contributed by atoms with Crippen molar-refractivity contribution in [2.75, 3.05) is 13.2 Å². The number of fused-ring (bicyclic) bond motifs is 1. The maximum absolute atomic E-state index is 13.9. The maximum atomic E-state index is 13.9. The van der Waals surface area contributed by atoms with Crippen LogP contribution in [0.1, 0.15) is 25.6 Å². The van der Waals surface area contributed by atoms with Crippen molar-refractivity contribution in [3.8, 4) is 0 Å². The maximum Gasteiger partial charge on any atom is 0.151 e. The number of rotatable bonds is 2. The molecule has 0 radical (unpaired) electrons. The second kappa shape index (κ2) is 4.58. The Kier molecular flexibility index (Phi) is 3.03. The molecule has 0 aliphatic carbocycles. The van der Waals surface area contributed by atoms with Gasteiger partial charge in [-0.15, -0.1) is 0 Å². The number of nitrogens with two attached hydrogens (primary N) is 1. The van der Waals surface area contributed by atoms with Crippen molar-refractivity contribution >= 4 is 11.0 Å². The summed E-state index contributed by atoms with van der Waals surface area (Å²) < 4.78 is 21.3. The number of imidazole rings is 1. The Hall–Kier alpha value is -1.46. The van der Waals surface area contributed by atoms with Gasteiger partial charge in [-0.2, -0.15) is 0 Å². The second-order valence-electron chi connectivity index (χ2n) is 5.06. The third-order valence-electron chi connectivity index (χ3n) is 3.88. The predicted molar refractivity (Wildman–Crippen MR) is 71.3 cm³/mol. The molecule has 4 nitrogen and oxygen atoms in total. The van der Waals surface area contributed by atoms with E-state index in [1.54, 1.807) is 6.07 Å². The van der Waals surface area contributed by atoms with Crippen molar-refractivity contribution < 1.29 is 9.13 Å². The topological polar surface area (TPSA) is 53.1 Å². The highest BCUT2D eigenvalue weighted by Gasteiger charge is 2.35. The van der Waals surface area contributed by atoms with Gasteiger partial charge < -0.3 is 15.0 Å². The van der Waals surface area contributed by atoms with E-state index in [0.29, 0.717) is 18.7 Å². The van der Waals surface area contributed by atoms with Crippen molar-refractivity contribution in [2.45, 2.75) is 31.8 Å². The smallest absolute Gasteiger partial charge is 0.151 e. The summed E-state index contributed by atoms with van der Waals surface area (Å²) >= 11 is 0. The number of benzene rings is 1. The van der Waals surface area contributed by atoms with Crippen molar-refractivity contribution in [2.24, 2.45) is 5.73 Å². The molecule has 0 spiro atoms. The summed E-state index contributed by atoms with van der Waals surface area (Å²) in [4.78, 5) is 4.49. The summed E-state index contributed by atoms with van der Waals surface area (Å²) in [7, 11) is 0. The van der Waals surface area contributed by atoms with E-state index in [1.807, 2.05) is 17.6 Å². The minimum Gasteiger partial charge on any atom is -0.381 e. The Morgan fingerprint density at radius 1 is 1.42 bits per heavy atom. The number of para-hydroxylation sites is 1. The van der Waals surface area contributed by atoms with Crippen LogP contribution in [0.4, 0.5) is 4.39 Å². The minimum absolute atomic E-state index is 0.290. The van der Waals surface area contributed by atoms with E-state index in [0.717, 1.165) is 30.7 Å². The molecule has 0 amide bonds. The molecular formula is C14H18FN3O. The molecule has 0 bridgehead atoms. The number of nitrogens with zero attached hydrogens (tertiary/aromatic N) is 2. The monoisotopic (exact) mass is 263 g/mol. The van der Waals surface area contributed by atoms with Crippen LogP contribution in [0.15, 0.2) is 18.2 Å². The molecule has 3 rings (SSSR count). The summed E-state index contributed by atoms with van der Waals surface area (Å²) in [6.45, 7) is 4.02. The molecule has 0 atom stereocenters. The third-order valence-corrected chi connectivity index (χ3v) is 3.88. The van der Waals surface area contributed by atoms with Crippen LogP contribution in [0.25, 0.3) is 11.0 Å². The average molecular weight is 263 g/mol. The first-order valence-corrected chi connectivity index (χ1v) is 6.67. The largest absolute Gasteiger partial charge is 0.381 e. The van der Waals surface area contributed by atoms with Gasteiger partial charge in [0.05, 0.1) is 11.1 Å². The first kappa shape index (κ1) is 12.6. The van der Waals surface area contributed by atoms with Gasteiger partial charge in [0.25, 0.3) is 0 Å². The van der Waals surface area contributed by atoms with Gasteiger partial charge in [-0.1, -0.05) is 6.07 Å². The highest BCUT2D eigenvalue weighted by molar-refractivity contribution is 5.77. The summed E-state index contributed by atoms with van der Waals surface area (Å²) in [6, 6.07) is 5.04. The lowest BCUT2D eigenvalue weighted by Gasteiger charge is -2.33. The quantitative estimate of drug-likeness (QED) is 0.903. The molecular weight excluding hydrogens is 245 g/mol. The van der Waals surface area contributed by atoms with Gasteiger partial charge in [-0.05, 0) is 31.9 Å². The van der Waals surface area contributed by atoms with Gasteiger partial charge in [0, 0.05) is 19.8 Å². The Bertz CT molecular complexity index is 602. The van der Waals surface area contributed by atoms with Gasteiger partial charge in [0.2, 0.25) is 0 Å². The van der Waals surface area contributed by atoms with Crippen LogP contribution in [0.3, 0.4) is 0 Å². The van der Waals surface area contributed by atoms with Crippen LogP contribution < -0.4 is 5.73 Å². The number of hydrogen-bond acceptors (Lipinski definition) is 3. The Morgan fingerprint density at radius 2 is 2.16 bits per heavy atom. The van der Waals surface area contributed by atoms with E-state index in [2.05, 4.69) is 4.98 Å². The molecule has 0 saturated carbocycles. The Morgan fingerprint density at radius 3 is 2.84 bits per heavy atom. The van der Waals surface area contributed by atoms with Crippen molar-refractivity contribution in [3.05, 3.63) is 29.8 Å². The Labute approximate surface area is 111 Å². The van der Waals surface area contributed by atoms with Crippen LogP contribution in [0, 0.1) is 5.82 Å². The number of ether oxygens (including phenoxy) is 1. The lowest BCUT2D eigenvalue weighted by molar-refractivity contribution is 0.0481. The molecule has 5 heteroatoms. The molecule has 1 saturated heterocycles. The fourth-order valence-corrected chi connectivity index (χ4v) is 2.77. The highest BCUT2D eigenvalue weighted by atomic mass is 19.1. The van der Waals surface area contributed by atoms with Crippen molar-refractivity contribution in [3.63, 3.8) is 0 Å². The molecule has 19 heavy (non-hydrogen) atoms. The van der Waals surface area contributed by atoms with Crippen molar-refractivity contribution in [1.29, 1.82) is 0 Å². The first-order valence-electron chi connectivity index (χ1n) is 6.67. The van der Waals surface area contributed by atoms with E-state index in [4.69, 9.17) is 10.5 Å². The molecule has 1 fully saturated rings. The predicted octanol–water partition coefficient (Wildman–Crippen LogP) is 2.16. The van der Waals surface area contributed by atoms with E-state index < -0.39 is 5.54 Å². The molecule has 1 aromatic carbocycles. The van der Waals surface area contributed by atoms with Crippen LogP contribution >= 0.6 is 0 Å².